The zero-order valence-corrected chi connectivity index (χ0v) is 17.9. The number of nitrogens with zero attached hydrogens (tertiary/aromatic N) is 4. The van der Waals surface area contributed by atoms with E-state index in [-0.39, 0.29) is 11.5 Å². The van der Waals surface area contributed by atoms with Gasteiger partial charge in [0.1, 0.15) is 11.4 Å². The van der Waals surface area contributed by atoms with Crippen molar-refractivity contribution in [3.05, 3.63) is 47.8 Å². The van der Waals surface area contributed by atoms with E-state index in [1.165, 1.54) is 11.1 Å². The van der Waals surface area contributed by atoms with Crippen LogP contribution in [-0.2, 0) is 18.4 Å². The number of aryl methyl sites for hydroxylation is 1. The molecule has 3 aliphatic heterocycles. The van der Waals surface area contributed by atoms with Crippen LogP contribution in [0.5, 0.6) is 5.75 Å². The Kier molecular flexibility index (Phi) is 5.27. The van der Waals surface area contributed by atoms with E-state index in [2.05, 4.69) is 45.4 Å². The highest BCUT2D eigenvalue weighted by Gasteiger charge is 2.44. The standard InChI is InChI=1S/C24H32N4O2/c1-26-17-19(16-25-26)18-27-12-8-24(9-13-27)15-20(14-23(29)28-10-4-5-11-28)21-6-2-3-7-22(21)30-24/h2-3,6-7,16-17,20H,4-5,8-15,18H2,1H3. The Morgan fingerprint density at radius 3 is 2.67 bits per heavy atom. The molecule has 0 N–H and O–H groups in total. The topological polar surface area (TPSA) is 50.6 Å². The molecule has 2 fully saturated rings. The van der Waals surface area contributed by atoms with Crippen LogP contribution in [0.2, 0.25) is 0 Å². The Morgan fingerprint density at radius 2 is 1.93 bits per heavy atom. The van der Waals surface area contributed by atoms with Crippen molar-refractivity contribution in [1.29, 1.82) is 0 Å². The first kappa shape index (κ1) is 19.6. The van der Waals surface area contributed by atoms with Gasteiger partial charge in [-0.05, 0) is 43.7 Å². The maximum atomic E-state index is 12.9. The fourth-order valence-corrected chi connectivity index (χ4v) is 5.47. The molecular weight excluding hydrogens is 376 g/mol. The molecule has 1 atom stereocenters. The van der Waals surface area contributed by atoms with Crippen molar-refractivity contribution in [1.82, 2.24) is 19.6 Å². The Labute approximate surface area is 178 Å². The van der Waals surface area contributed by atoms with Crippen molar-refractivity contribution in [2.45, 2.75) is 56.6 Å². The number of fused-ring (bicyclic) bond motifs is 1. The van der Waals surface area contributed by atoms with Crippen LogP contribution in [0.1, 0.15) is 55.6 Å². The van der Waals surface area contributed by atoms with E-state index in [4.69, 9.17) is 4.74 Å². The van der Waals surface area contributed by atoms with Gasteiger partial charge in [0.15, 0.2) is 0 Å². The molecule has 0 radical (unpaired) electrons. The van der Waals surface area contributed by atoms with Gasteiger partial charge < -0.3 is 9.64 Å². The molecule has 3 aliphatic rings. The highest BCUT2D eigenvalue weighted by Crippen LogP contribution is 2.46. The molecule has 6 heteroatoms. The van der Waals surface area contributed by atoms with Gasteiger partial charge in [-0.2, -0.15) is 5.10 Å². The van der Waals surface area contributed by atoms with Crippen LogP contribution in [0.15, 0.2) is 36.7 Å². The molecule has 30 heavy (non-hydrogen) atoms. The van der Waals surface area contributed by atoms with Gasteiger partial charge in [-0.15, -0.1) is 0 Å². The van der Waals surface area contributed by atoms with Crippen molar-refractivity contribution in [3.8, 4) is 5.75 Å². The van der Waals surface area contributed by atoms with E-state index < -0.39 is 0 Å². The normalized spacial score (nSPS) is 23.4. The molecule has 0 bridgehead atoms. The number of aromatic nitrogens is 2. The average molecular weight is 409 g/mol. The van der Waals surface area contributed by atoms with Crippen molar-refractivity contribution >= 4 is 5.91 Å². The number of rotatable bonds is 4. The molecule has 1 aromatic heterocycles. The zero-order chi connectivity index (χ0) is 20.6. The largest absolute Gasteiger partial charge is 0.487 e. The zero-order valence-electron chi connectivity index (χ0n) is 17.9. The van der Waals surface area contributed by atoms with Gasteiger partial charge in [-0.25, -0.2) is 0 Å². The van der Waals surface area contributed by atoms with Crippen LogP contribution in [-0.4, -0.2) is 57.3 Å². The lowest BCUT2D eigenvalue weighted by Gasteiger charge is -2.47. The van der Waals surface area contributed by atoms with Gasteiger partial charge in [0.2, 0.25) is 5.91 Å². The molecule has 5 rings (SSSR count). The Morgan fingerprint density at radius 1 is 1.17 bits per heavy atom. The highest BCUT2D eigenvalue weighted by atomic mass is 16.5. The number of amides is 1. The van der Waals surface area contributed by atoms with Crippen LogP contribution in [0.3, 0.4) is 0 Å². The molecule has 2 aromatic rings. The summed E-state index contributed by atoms with van der Waals surface area (Å²) in [5.41, 5.74) is 2.33. The van der Waals surface area contributed by atoms with Gasteiger partial charge in [0.05, 0.1) is 6.20 Å². The third kappa shape index (κ3) is 3.97. The number of likely N-dealkylation sites (tertiary alicyclic amines) is 2. The maximum Gasteiger partial charge on any atom is 0.223 e. The molecule has 1 aromatic carbocycles. The van der Waals surface area contributed by atoms with E-state index in [0.29, 0.717) is 12.3 Å². The summed E-state index contributed by atoms with van der Waals surface area (Å²) in [6.07, 6.45) is 9.92. The summed E-state index contributed by atoms with van der Waals surface area (Å²) in [6.45, 7) is 4.83. The highest BCUT2D eigenvalue weighted by molar-refractivity contribution is 5.77. The van der Waals surface area contributed by atoms with Gasteiger partial charge in [-0.1, -0.05) is 18.2 Å². The minimum absolute atomic E-state index is 0.143. The van der Waals surface area contributed by atoms with Crippen LogP contribution in [0.4, 0.5) is 0 Å². The third-order valence-electron chi connectivity index (χ3n) is 7.12. The van der Waals surface area contributed by atoms with Gasteiger partial charge >= 0.3 is 0 Å². The average Bonchev–Trinajstić information content (AvgIpc) is 3.42. The lowest BCUT2D eigenvalue weighted by molar-refractivity contribution is -0.131. The Hall–Kier alpha value is -2.34. The number of ether oxygens (including phenoxy) is 1. The van der Waals surface area contributed by atoms with Crippen LogP contribution < -0.4 is 4.74 Å². The number of piperidine rings is 1. The summed E-state index contributed by atoms with van der Waals surface area (Å²) >= 11 is 0. The molecule has 1 amide bonds. The second-order valence-corrected chi connectivity index (χ2v) is 9.31. The molecule has 0 aliphatic carbocycles. The van der Waals surface area contributed by atoms with Gasteiger partial charge in [-0.3, -0.25) is 14.4 Å². The summed E-state index contributed by atoms with van der Waals surface area (Å²) in [5.74, 6) is 1.56. The molecule has 1 unspecified atom stereocenters. The predicted molar refractivity (Wildman–Crippen MR) is 115 cm³/mol. The lowest BCUT2D eigenvalue weighted by atomic mass is 9.76. The first-order valence-electron chi connectivity index (χ1n) is 11.4. The van der Waals surface area contributed by atoms with Crippen molar-refractivity contribution in [2.24, 2.45) is 7.05 Å². The molecule has 0 saturated carbocycles. The van der Waals surface area contributed by atoms with E-state index in [1.54, 1.807) is 0 Å². The quantitative estimate of drug-likeness (QED) is 0.779. The summed E-state index contributed by atoms with van der Waals surface area (Å²) < 4.78 is 8.50. The van der Waals surface area contributed by atoms with Crippen LogP contribution >= 0.6 is 0 Å². The van der Waals surface area contributed by atoms with E-state index in [1.807, 2.05) is 17.9 Å². The first-order chi connectivity index (χ1) is 14.6. The molecule has 1 spiro atoms. The van der Waals surface area contributed by atoms with Gasteiger partial charge in [0, 0.05) is 63.9 Å². The summed E-state index contributed by atoms with van der Waals surface area (Å²) in [7, 11) is 1.96. The minimum atomic E-state index is -0.143. The molecule has 2 saturated heterocycles. The Bertz CT molecular complexity index is 894. The smallest absolute Gasteiger partial charge is 0.223 e. The van der Waals surface area contributed by atoms with E-state index >= 15 is 0 Å². The van der Waals surface area contributed by atoms with Gasteiger partial charge in [0.25, 0.3) is 0 Å². The Balaban J connectivity index is 1.28. The molecular formula is C24H32N4O2. The fraction of sp³-hybridized carbons (Fsp3) is 0.583. The number of carbonyl (C=O) groups excluding carboxylic acids is 1. The SMILES string of the molecule is Cn1cc(CN2CCC3(CC2)CC(CC(=O)N2CCCC2)c2ccccc2O3)cn1. The number of para-hydroxylation sites is 1. The van der Waals surface area contributed by atoms with Crippen molar-refractivity contribution in [2.75, 3.05) is 26.2 Å². The van der Waals surface area contributed by atoms with Crippen LogP contribution in [0, 0.1) is 0 Å². The minimum Gasteiger partial charge on any atom is -0.487 e. The maximum absolute atomic E-state index is 12.9. The fourth-order valence-electron chi connectivity index (χ4n) is 5.47. The summed E-state index contributed by atoms with van der Waals surface area (Å²) in [5, 5.41) is 4.29. The number of hydrogen-bond acceptors (Lipinski definition) is 4. The summed E-state index contributed by atoms with van der Waals surface area (Å²) in [6, 6.07) is 8.37. The van der Waals surface area contributed by atoms with Crippen LogP contribution in [0.25, 0.3) is 0 Å². The first-order valence-corrected chi connectivity index (χ1v) is 11.4. The molecule has 6 nitrogen and oxygen atoms in total. The second kappa shape index (κ2) is 8.06. The number of benzene rings is 1. The molecule has 4 heterocycles. The summed E-state index contributed by atoms with van der Waals surface area (Å²) in [4.78, 5) is 17.5. The monoisotopic (exact) mass is 408 g/mol. The van der Waals surface area contributed by atoms with Crippen molar-refractivity contribution < 1.29 is 9.53 Å². The third-order valence-corrected chi connectivity index (χ3v) is 7.12. The molecule has 160 valence electrons. The number of carbonyl (C=O) groups is 1. The number of hydrogen-bond donors (Lipinski definition) is 0. The van der Waals surface area contributed by atoms with E-state index in [9.17, 15) is 4.79 Å². The second-order valence-electron chi connectivity index (χ2n) is 9.31. The van der Waals surface area contributed by atoms with Crippen molar-refractivity contribution in [3.63, 3.8) is 0 Å². The predicted octanol–water partition coefficient (Wildman–Crippen LogP) is 3.33. The van der Waals surface area contributed by atoms with E-state index in [0.717, 1.165) is 70.6 Å². The lowest BCUT2D eigenvalue weighted by Crippen LogP contribution is -2.50.